The summed E-state index contributed by atoms with van der Waals surface area (Å²) in [6, 6.07) is 5.86. The van der Waals surface area contributed by atoms with Gasteiger partial charge in [-0.15, -0.1) is 0 Å². The summed E-state index contributed by atoms with van der Waals surface area (Å²) in [5, 5.41) is 6.80. The summed E-state index contributed by atoms with van der Waals surface area (Å²) >= 11 is 0. The SMILES string of the molecule is Cc1noc(C)c1CCCNC(=O)C1CC(=O)N(c2cccc(F)c2)C1. The molecule has 3 rings (SSSR count). The summed E-state index contributed by atoms with van der Waals surface area (Å²) in [6.07, 6.45) is 1.69. The molecule has 6 nitrogen and oxygen atoms in total. The number of carbonyl (C=O) groups is 2. The first-order chi connectivity index (χ1) is 12.5. The molecule has 138 valence electrons. The zero-order chi connectivity index (χ0) is 18.7. The van der Waals surface area contributed by atoms with E-state index in [1.54, 1.807) is 12.1 Å². The molecule has 7 heteroatoms. The summed E-state index contributed by atoms with van der Waals surface area (Å²) in [6.45, 7) is 4.57. The Bertz CT molecular complexity index is 799. The molecule has 1 saturated heterocycles. The van der Waals surface area contributed by atoms with E-state index >= 15 is 0 Å². The molecule has 1 aromatic carbocycles. The second kappa shape index (κ2) is 7.68. The number of amides is 2. The maximum absolute atomic E-state index is 13.4. The molecule has 0 bridgehead atoms. The van der Waals surface area contributed by atoms with Gasteiger partial charge in [0.1, 0.15) is 11.6 Å². The first-order valence-corrected chi connectivity index (χ1v) is 8.71. The summed E-state index contributed by atoms with van der Waals surface area (Å²) < 4.78 is 18.5. The zero-order valence-electron chi connectivity index (χ0n) is 14.9. The van der Waals surface area contributed by atoms with Crippen LogP contribution in [0, 0.1) is 25.6 Å². The first-order valence-electron chi connectivity index (χ1n) is 8.71. The van der Waals surface area contributed by atoms with Crippen LogP contribution in [0.4, 0.5) is 10.1 Å². The molecule has 0 radical (unpaired) electrons. The quantitative estimate of drug-likeness (QED) is 0.804. The Hall–Kier alpha value is -2.70. The first kappa shape index (κ1) is 18.1. The van der Waals surface area contributed by atoms with Crippen molar-refractivity contribution in [1.29, 1.82) is 0 Å². The minimum absolute atomic E-state index is 0.143. The van der Waals surface area contributed by atoms with Crippen LogP contribution < -0.4 is 10.2 Å². The molecule has 1 aromatic heterocycles. The molecular formula is C19H22FN3O3. The number of anilines is 1. The van der Waals surface area contributed by atoms with Gasteiger partial charge in [0, 0.05) is 30.8 Å². The predicted octanol–water partition coefficient (Wildman–Crippen LogP) is 2.53. The summed E-state index contributed by atoms with van der Waals surface area (Å²) in [5.41, 5.74) is 2.44. The van der Waals surface area contributed by atoms with Crippen molar-refractivity contribution in [3.63, 3.8) is 0 Å². The number of rotatable bonds is 6. The van der Waals surface area contributed by atoms with Crippen molar-refractivity contribution in [3.05, 3.63) is 47.1 Å². The van der Waals surface area contributed by atoms with E-state index < -0.39 is 11.7 Å². The van der Waals surface area contributed by atoms with E-state index in [0.717, 1.165) is 29.9 Å². The summed E-state index contributed by atoms with van der Waals surface area (Å²) in [4.78, 5) is 26.0. The number of halogens is 1. The molecule has 1 aliphatic rings. The minimum atomic E-state index is -0.412. The van der Waals surface area contributed by atoms with E-state index in [1.165, 1.54) is 17.0 Å². The fourth-order valence-electron chi connectivity index (χ4n) is 3.26. The predicted molar refractivity (Wildman–Crippen MR) is 94.2 cm³/mol. The average Bonchev–Trinajstić information content (AvgIpc) is 3.15. The summed E-state index contributed by atoms with van der Waals surface area (Å²) in [7, 11) is 0. The van der Waals surface area contributed by atoms with E-state index in [-0.39, 0.29) is 24.8 Å². The third kappa shape index (κ3) is 3.92. The van der Waals surface area contributed by atoms with E-state index in [0.29, 0.717) is 12.2 Å². The van der Waals surface area contributed by atoms with Crippen LogP contribution >= 0.6 is 0 Å². The van der Waals surface area contributed by atoms with E-state index in [2.05, 4.69) is 10.5 Å². The second-order valence-corrected chi connectivity index (χ2v) is 6.58. The number of aryl methyl sites for hydroxylation is 2. The van der Waals surface area contributed by atoms with E-state index in [1.807, 2.05) is 13.8 Å². The molecule has 2 aromatic rings. The number of hydrogen-bond donors (Lipinski definition) is 1. The highest BCUT2D eigenvalue weighted by Gasteiger charge is 2.35. The lowest BCUT2D eigenvalue weighted by atomic mass is 10.1. The van der Waals surface area contributed by atoms with Crippen molar-refractivity contribution in [3.8, 4) is 0 Å². The number of nitrogens with one attached hydrogen (secondary N) is 1. The van der Waals surface area contributed by atoms with Gasteiger partial charge < -0.3 is 14.7 Å². The van der Waals surface area contributed by atoms with Gasteiger partial charge in [0.15, 0.2) is 0 Å². The Kier molecular flexibility index (Phi) is 5.35. The number of hydrogen-bond acceptors (Lipinski definition) is 4. The lowest BCUT2D eigenvalue weighted by molar-refractivity contribution is -0.126. The van der Waals surface area contributed by atoms with Crippen LogP contribution in [0.2, 0.25) is 0 Å². The van der Waals surface area contributed by atoms with Crippen molar-refractivity contribution in [2.24, 2.45) is 5.92 Å². The van der Waals surface area contributed by atoms with Gasteiger partial charge in [-0.25, -0.2) is 4.39 Å². The third-order valence-electron chi connectivity index (χ3n) is 4.70. The topological polar surface area (TPSA) is 75.4 Å². The molecular weight excluding hydrogens is 337 g/mol. The van der Waals surface area contributed by atoms with Crippen LogP contribution in [0.3, 0.4) is 0 Å². The van der Waals surface area contributed by atoms with Crippen molar-refractivity contribution in [2.75, 3.05) is 18.0 Å². The van der Waals surface area contributed by atoms with Gasteiger partial charge in [-0.2, -0.15) is 0 Å². The molecule has 1 fully saturated rings. The number of carbonyl (C=O) groups excluding carboxylic acids is 2. The molecule has 1 aliphatic heterocycles. The molecule has 0 saturated carbocycles. The summed E-state index contributed by atoms with van der Waals surface area (Å²) in [5.74, 6) is -0.309. The van der Waals surface area contributed by atoms with Gasteiger partial charge in [-0.3, -0.25) is 9.59 Å². The molecule has 2 heterocycles. The molecule has 0 aliphatic carbocycles. The van der Waals surface area contributed by atoms with Gasteiger partial charge in [0.05, 0.1) is 11.6 Å². The van der Waals surface area contributed by atoms with E-state index in [9.17, 15) is 14.0 Å². The standard InChI is InChI=1S/C19H22FN3O3/c1-12-17(13(2)26-22-12)7-4-8-21-19(25)14-9-18(24)23(11-14)16-6-3-5-15(20)10-16/h3,5-6,10,14H,4,7-9,11H2,1-2H3,(H,21,25). The van der Waals surface area contributed by atoms with Crippen molar-refractivity contribution >= 4 is 17.5 Å². The Labute approximate surface area is 151 Å². The molecule has 1 unspecified atom stereocenters. The monoisotopic (exact) mass is 359 g/mol. The molecule has 2 amide bonds. The fraction of sp³-hybridized carbons (Fsp3) is 0.421. The van der Waals surface area contributed by atoms with Crippen LogP contribution in [0.25, 0.3) is 0 Å². The van der Waals surface area contributed by atoms with Gasteiger partial charge >= 0.3 is 0 Å². The Balaban J connectivity index is 1.49. The Morgan fingerprint density at radius 2 is 2.23 bits per heavy atom. The highest BCUT2D eigenvalue weighted by molar-refractivity contribution is 6.00. The minimum Gasteiger partial charge on any atom is -0.361 e. The molecule has 0 spiro atoms. The smallest absolute Gasteiger partial charge is 0.227 e. The maximum atomic E-state index is 13.4. The highest BCUT2D eigenvalue weighted by Crippen LogP contribution is 2.25. The maximum Gasteiger partial charge on any atom is 0.227 e. The average molecular weight is 359 g/mol. The largest absolute Gasteiger partial charge is 0.361 e. The van der Waals surface area contributed by atoms with Gasteiger partial charge in [-0.1, -0.05) is 11.2 Å². The molecule has 26 heavy (non-hydrogen) atoms. The number of benzene rings is 1. The van der Waals surface area contributed by atoms with Gasteiger partial charge in [0.2, 0.25) is 11.8 Å². The lowest BCUT2D eigenvalue weighted by Crippen LogP contribution is -2.33. The van der Waals surface area contributed by atoms with Crippen LogP contribution in [-0.2, 0) is 16.0 Å². The molecule has 1 N–H and O–H groups in total. The number of nitrogens with zero attached hydrogens (tertiary/aromatic N) is 2. The Morgan fingerprint density at radius 3 is 2.92 bits per heavy atom. The normalized spacial score (nSPS) is 17.0. The third-order valence-corrected chi connectivity index (χ3v) is 4.70. The Morgan fingerprint density at radius 1 is 1.42 bits per heavy atom. The van der Waals surface area contributed by atoms with Gasteiger partial charge in [-0.05, 0) is 44.9 Å². The zero-order valence-corrected chi connectivity index (χ0v) is 14.9. The van der Waals surface area contributed by atoms with Crippen LogP contribution in [0.1, 0.15) is 29.9 Å². The highest BCUT2D eigenvalue weighted by atomic mass is 19.1. The van der Waals surface area contributed by atoms with Gasteiger partial charge in [0.25, 0.3) is 0 Å². The van der Waals surface area contributed by atoms with Crippen molar-refractivity contribution in [2.45, 2.75) is 33.1 Å². The van der Waals surface area contributed by atoms with E-state index in [4.69, 9.17) is 4.52 Å². The second-order valence-electron chi connectivity index (χ2n) is 6.58. The van der Waals surface area contributed by atoms with Crippen LogP contribution in [0.15, 0.2) is 28.8 Å². The van der Waals surface area contributed by atoms with Crippen LogP contribution in [0.5, 0.6) is 0 Å². The van der Waals surface area contributed by atoms with Crippen LogP contribution in [-0.4, -0.2) is 30.1 Å². The lowest BCUT2D eigenvalue weighted by Gasteiger charge is -2.16. The fourth-order valence-corrected chi connectivity index (χ4v) is 3.26. The molecule has 1 atom stereocenters. The number of aromatic nitrogens is 1. The van der Waals surface area contributed by atoms with Crippen molar-refractivity contribution < 1.29 is 18.5 Å². The van der Waals surface area contributed by atoms with Crippen molar-refractivity contribution in [1.82, 2.24) is 10.5 Å².